The van der Waals surface area contributed by atoms with Crippen molar-refractivity contribution in [2.45, 2.75) is 83.8 Å². The third-order valence-electron chi connectivity index (χ3n) is 9.08. The molecule has 0 spiro atoms. The number of likely N-dealkylation sites (tertiary alicyclic amines) is 1. The molecule has 220 valence electrons. The Morgan fingerprint density at radius 1 is 1.17 bits per heavy atom. The summed E-state index contributed by atoms with van der Waals surface area (Å²) in [6.45, 7) is 10.7. The number of pyridine rings is 1. The summed E-state index contributed by atoms with van der Waals surface area (Å²) in [4.78, 5) is 33.5. The fourth-order valence-corrected chi connectivity index (χ4v) is 6.86. The second-order valence-corrected chi connectivity index (χ2v) is 11.7. The minimum Gasteiger partial charge on any atom is -0.352 e. The van der Waals surface area contributed by atoms with Gasteiger partial charge in [-0.25, -0.2) is 9.97 Å². The van der Waals surface area contributed by atoms with Gasteiger partial charge in [-0.1, -0.05) is 29.9 Å². The van der Waals surface area contributed by atoms with Crippen molar-refractivity contribution in [1.82, 2.24) is 40.3 Å². The number of nitrogens with zero attached hydrogens (tertiary/aromatic N) is 6. The summed E-state index contributed by atoms with van der Waals surface area (Å²) in [7, 11) is 2.10. The molecule has 1 amide bonds. The largest absolute Gasteiger partial charge is 0.352 e. The van der Waals surface area contributed by atoms with Crippen molar-refractivity contribution in [2.24, 2.45) is 0 Å². The topological polar surface area (TPSA) is 89.5 Å². The predicted molar refractivity (Wildman–Crippen MR) is 162 cm³/mol. The van der Waals surface area contributed by atoms with Crippen LogP contribution in [0, 0.1) is 13.8 Å². The van der Waals surface area contributed by atoms with E-state index in [1.165, 1.54) is 11.9 Å². The average molecular weight is 559 g/mol. The Hall–Kier alpha value is -2.98. The lowest BCUT2D eigenvalue weighted by atomic mass is 9.94. The lowest BCUT2D eigenvalue weighted by Crippen LogP contribution is -2.56. The summed E-state index contributed by atoms with van der Waals surface area (Å²) in [6, 6.07) is 5.57. The molecule has 2 saturated heterocycles. The monoisotopic (exact) mass is 558 g/mol. The fourth-order valence-electron chi connectivity index (χ4n) is 6.86. The van der Waals surface area contributed by atoms with Crippen LogP contribution in [0.5, 0.6) is 0 Å². The molecule has 5 rings (SSSR count). The molecule has 41 heavy (non-hydrogen) atoms. The number of piperidine rings is 1. The first kappa shape index (κ1) is 29.5. The number of hydrogen-bond acceptors (Lipinski definition) is 8. The third kappa shape index (κ3) is 6.92. The average Bonchev–Trinajstić information content (AvgIpc) is 3.36. The number of carbonyl (C=O) groups excluding carboxylic acids is 1. The molecule has 2 unspecified atom stereocenters. The Morgan fingerprint density at radius 2 is 1.95 bits per heavy atom. The second-order valence-electron chi connectivity index (χ2n) is 11.7. The van der Waals surface area contributed by atoms with Gasteiger partial charge in [0.2, 0.25) is 0 Å². The van der Waals surface area contributed by atoms with Gasteiger partial charge in [0.1, 0.15) is 12.6 Å². The number of hydrogen-bond donors (Lipinski definition) is 2. The van der Waals surface area contributed by atoms with Gasteiger partial charge in [0.15, 0.2) is 0 Å². The zero-order valence-electron chi connectivity index (χ0n) is 25.1. The van der Waals surface area contributed by atoms with Crippen molar-refractivity contribution < 1.29 is 4.79 Å². The highest BCUT2D eigenvalue weighted by atomic mass is 16.1. The van der Waals surface area contributed by atoms with Gasteiger partial charge in [-0.3, -0.25) is 24.9 Å². The molecule has 0 bridgehead atoms. The Kier molecular flexibility index (Phi) is 9.92. The molecule has 2 aromatic rings. The number of allylic oxidation sites excluding steroid dienone is 3. The first-order valence-electron chi connectivity index (χ1n) is 15.2. The highest BCUT2D eigenvalue weighted by molar-refractivity contribution is 5.96. The first-order chi connectivity index (χ1) is 20.0. The van der Waals surface area contributed by atoms with Gasteiger partial charge in [-0.05, 0) is 84.6 Å². The lowest BCUT2D eigenvalue weighted by Gasteiger charge is -2.44. The van der Waals surface area contributed by atoms with E-state index in [4.69, 9.17) is 0 Å². The van der Waals surface area contributed by atoms with E-state index in [-0.39, 0.29) is 12.2 Å². The number of rotatable bonds is 10. The van der Waals surface area contributed by atoms with Gasteiger partial charge in [0.05, 0.1) is 17.0 Å². The van der Waals surface area contributed by atoms with Gasteiger partial charge in [-0.15, -0.1) is 0 Å². The Labute approximate surface area is 245 Å². The van der Waals surface area contributed by atoms with E-state index in [2.05, 4.69) is 78.6 Å². The lowest BCUT2D eigenvalue weighted by molar-refractivity contribution is 0.0213. The Bertz CT molecular complexity index is 1200. The standard InChI is InChI=1S/C32H46N8O/c1-23(12-16-35-31(41)30-24(2)36-22-37-25(30)3)38-17-13-28(14-18-38)40-29(27-10-6-5-7-11-27)21-39(32(40)33-4)20-26-9-8-15-34-19-26/h5-6,8-10,15,19,22-23,28-29,32-33H,7,11-14,16-18,20-21H2,1-4H3,(H,35,41)/t23?,29-,32?/m0/s1. The molecule has 2 aromatic heterocycles. The van der Waals surface area contributed by atoms with Crippen molar-refractivity contribution >= 4 is 5.91 Å². The molecule has 0 aromatic carbocycles. The third-order valence-corrected chi connectivity index (χ3v) is 9.08. The molecule has 2 aliphatic heterocycles. The van der Waals surface area contributed by atoms with Crippen LogP contribution >= 0.6 is 0 Å². The molecule has 4 heterocycles. The molecule has 0 saturated carbocycles. The summed E-state index contributed by atoms with van der Waals surface area (Å²) in [5, 5.41) is 6.77. The zero-order chi connectivity index (χ0) is 28.8. The maximum Gasteiger partial charge on any atom is 0.254 e. The highest BCUT2D eigenvalue weighted by Crippen LogP contribution is 2.34. The number of aromatic nitrogens is 3. The van der Waals surface area contributed by atoms with Crippen LogP contribution in [0.25, 0.3) is 0 Å². The van der Waals surface area contributed by atoms with Crippen LogP contribution in [-0.2, 0) is 6.54 Å². The normalized spacial score (nSPS) is 23.5. The second kappa shape index (κ2) is 13.8. The predicted octanol–water partition coefficient (Wildman–Crippen LogP) is 3.43. The summed E-state index contributed by atoms with van der Waals surface area (Å²) in [5.74, 6) is -0.0765. The van der Waals surface area contributed by atoms with E-state index < -0.39 is 0 Å². The van der Waals surface area contributed by atoms with E-state index >= 15 is 0 Å². The Balaban J connectivity index is 1.19. The van der Waals surface area contributed by atoms with Crippen LogP contribution in [0.2, 0.25) is 0 Å². The molecule has 9 heteroatoms. The molecule has 2 fully saturated rings. The number of carbonyl (C=O) groups is 1. The van der Waals surface area contributed by atoms with Crippen molar-refractivity contribution in [2.75, 3.05) is 33.2 Å². The van der Waals surface area contributed by atoms with Crippen LogP contribution in [0.3, 0.4) is 0 Å². The van der Waals surface area contributed by atoms with Crippen LogP contribution in [0.15, 0.2) is 54.7 Å². The van der Waals surface area contributed by atoms with Crippen LogP contribution in [0.4, 0.5) is 0 Å². The molecule has 0 radical (unpaired) electrons. The summed E-state index contributed by atoms with van der Waals surface area (Å²) < 4.78 is 0. The number of nitrogens with one attached hydrogen (secondary N) is 2. The van der Waals surface area contributed by atoms with Crippen molar-refractivity contribution in [3.8, 4) is 0 Å². The number of amides is 1. The molecular weight excluding hydrogens is 512 g/mol. The molecule has 9 nitrogen and oxygen atoms in total. The molecular formula is C32H46N8O. The molecule has 3 aliphatic rings. The van der Waals surface area contributed by atoms with Crippen molar-refractivity contribution in [3.63, 3.8) is 0 Å². The van der Waals surface area contributed by atoms with Crippen molar-refractivity contribution in [1.29, 1.82) is 0 Å². The molecule has 1 aliphatic carbocycles. The van der Waals surface area contributed by atoms with E-state index in [0.717, 1.165) is 69.7 Å². The van der Waals surface area contributed by atoms with E-state index in [0.29, 0.717) is 30.2 Å². The summed E-state index contributed by atoms with van der Waals surface area (Å²) in [5.41, 5.74) is 4.86. The van der Waals surface area contributed by atoms with Crippen molar-refractivity contribution in [3.05, 3.63) is 77.2 Å². The fraction of sp³-hybridized carbons (Fsp3) is 0.562. The maximum atomic E-state index is 12.8. The van der Waals surface area contributed by atoms with E-state index in [1.807, 2.05) is 32.3 Å². The maximum absolute atomic E-state index is 12.8. The highest BCUT2D eigenvalue weighted by Gasteiger charge is 2.44. The van der Waals surface area contributed by atoms with E-state index in [9.17, 15) is 4.79 Å². The van der Waals surface area contributed by atoms with Crippen LogP contribution in [0.1, 0.15) is 66.3 Å². The summed E-state index contributed by atoms with van der Waals surface area (Å²) >= 11 is 0. The van der Waals surface area contributed by atoms with E-state index in [1.54, 1.807) is 5.57 Å². The van der Waals surface area contributed by atoms with Gasteiger partial charge in [-0.2, -0.15) is 0 Å². The summed E-state index contributed by atoms with van der Waals surface area (Å²) in [6.07, 6.45) is 17.9. The number of aryl methyl sites for hydroxylation is 2. The first-order valence-corrected chi connectivity index (χ1v) is 15.2. The van der Waals surface area contributed by atoms with Crippen LogP contribution < -0.4 is 10.6 Å². The zero-order valence-corrected chi connectivity index (χ0v) is 25.1. The smallest absolute Gasteiger partial charge is 0.254 e. The van der Waals surface area contributed by atoms with Crippen LogP contribution in [-0.4, -0.2) is 93.2 Å². The molecule has 2 N–H and O–H groups in total. The van der Waals surface area contributed by atoms with Gasteiger partial charge in [0, 0.05) is 50.2 Å². The van der Waals surface area contributed by atoms with Gasteiger partial charge >= 0.3 is 0 Å². The van der Waals surface area contributed by atoms with Gasteiger partial charge in [0.25, 0.3) is 5.91 Å². The SMILES string of the molecule is CNC1N(Cc2cccnc2)C[C@@H](C2=CC=CCC2)N1C1CCN(C(C)CCNC(=O)c2c(C)ncnc2C)CC1. The minimum atomic E-state index is -0.0765. The Morgan fingerprint density at radius 3 is 2.61 bits per heavy atom. The minimum absolute atomic E-state index is 0.0765. The van der Waals surface area contributed by atoms with Gasteiger partial charge < -0.3 is 10.2 Å². The quantitative estimate of drug-likeness (QED) is 0.459. The molecule has 3 atom stereocenters.